The molecule has 112 valence electrons. The molecule has 0 spiro atoms. The maximum Gasteiger partial charge on any atom is 0.335 e. The van der Waals surface area contributed by atoms with E-state index < -0.39 is 16.0 Å². The maximum absolute atomic E-state index is 12.4. The molecule has 1 aromatic heterocycles. The van der Waals surface area contributed by atoms with Crippen LogP contribution >= 0.6 is 0 Å². The molecule has 2 aromatic rings. The molecule has 0 unspecified atom stereocenters. The number of hydrogen-bond acceptors (Lipinski definition) is 4. The van der Waals surface area contributed by atoms with E-state index in [0.717, 1.165) is 6.07 Å². The van der Waals surface area contributed by atoms with Crippen molar-refractivity contribution in [2.45, 2.75) is 25.3 Å². The molecule has 0 aliphatic carbocycles. The highest BCUT2D eigenvalue weighted by atomic mass is 32.2. The first kappa shape index (κ1) is 15.0. The van der Waals surface area contributed by atoms with Crippen LogP contribution in [0.4, 0.5) is 5.69 Å². The number of nitrogens with one attached hydrogen (secondary N) is 1. The summed E-state index contributed by atoms with van der Waals surface area (Å²) in [6, 6.07) is 3.98. The molecular weight excluding hydrogens is 294 g/mol. The van der Waals surface area contributed by atoms with Gasteiger partial charge in [-0.25, -0.2) is 13.2 Å². The zero-order chi connectivity index (χ0) is 15.6. The van der Waals surface area contributed by atoms with Crippen LogP contribution < -0.4 is 4.72 Å². The standard InChI is InChI=1S/C13H15N3O4S/c1-3-16-8-11(7-14-16)15-21(19,20)12-6-10(13(17)18)5-4-9(12)2/h4-8,15H,3H2,1-2H3,(H,17,18). The Kier molecular flexibility index (Phi) is 3.99. The minimum atomic E-state index is -3.86. The van der Waals surface area contributed by atoms with E-state index in [1.807, 2.05) is 6.92 Å². The maximum atomic E-state index is 12.4. The van der Waals surface area contributed by atoms with Crippen LogP contribution in [0.3, 0.4) is 0 Å². The fourth-order valence-corrected chi connectivity index (χ4v) is 3.12. The van der Waals surface area contributed by atoms with E-state index in [1.54, 1.807) is 17.8 Å². The Morgan fingerprint density at radius 2 is 2.14 bits per heavy atom. The van der Waals surface area contributed by atoms with Gasteiger partial charge in [-0.15, -0.1) is 0 Å². The third kappa shape index (κ3) is 3.22. The summed E-state index contributed by atoms with van der Waals surface area (Å²) in [4.78, 5) is 10.9. The Balaban J connectivity index is 2.39. The Morgan fingerprint density at radius 1 is 1.43 bits per heavy atom. The van der Waals surface area contributed by atoms with Crippen LogP contribution in [0.2, 0.25) is 0 Å². The van der Waals surface area contributed by atoms with E-state index in [-0.39, 0.29) is 10.5 Å². The molecule has 8 heteroatoms. The van der Waals surface area contributed by atoms with Gasteiger partial charge in [0.05, 0.1) is 22.3 Å². The summed E-state index contributed by atoms with van der Waals surface area (Å²) in [5, 5.41) is 12.9. The van der Waals surface area contributed by atoms with Gasteiger partial charge in [0.2, 0.25) is 0 Å². The van der Waals surface area contributed by atoms with Gasteiger partial charge in [0.15, 0.2) is 0 Å². The van der Waals surface area contributed by atoms with Crippen LogP contribution in [0, 0.1) is 6.92 Å². The van der Waals surface area contributed by atoms with Crippen molar-refractivity contribution in [2.24, 2.45) is 0 Å². The van der Waals surface area contributed by atoms with Crippen molar-refractivity contribution in [3.8, 4) is 0 Å². The van der Waals surface area contributed by atoms with Gasteiger partial charge in [-0.3, -0.25) is 9.40 Å². The molecule has 7 nitrogen and oxygen atoms in total. The Labute approximate surface area is 122 Å². The number of aromatic nitrogens is 2. The van der Waals surface area contributed by atoms with Crippen molar-refractivity contribution in [1.29, 1.82) is 0 Å². The second-order valence-corrected chi connectivity index (χ2v) is 6.13. The van der Waals surface area contributed by atoms with Crippen molar-refractivity contribution in [3.63, 3.8) is 0 Å². The number of carboxylic acid groups (broad SMARTS) is 1. The van der Waals surface area contributed by atoms with Crippen LogP contribution in [0.25, 0.3) is 0 Å². The van der Waals surface area contributed by atoms with Gasteiger partial charge in [-0.2, -0.15) is 5.10 Å². The van der Waals surface area contributed by atoms with Crippen LogP contribution in [0.5, 0.6) is 0 Å². The smallest absolute Gasteiger partial charge is 0.335 e. The van der Waals surface area contributed by atoms with Crippen molar-refractivity contribution in [1.82, 2.24) is 9.78 Å². The molecule has 0 atom stereocenters. The minimum absolute atomic E-state index is 0.0633. The first-order valence-electron chi connectivity index (χ1n) is 6.22. The van der Waals surface area contributed by atoms with Crippen molar-refractivity contribution < 1.29 is 18.3 Å². The molecule has 0 saturated heterocycles. The number of sulfonamides is 1. The van der Waals surface area contributed by atoms with E-state index in [9.17, 15) is 13.2 Å². The van der Waals surface area contributed by atoms with Gasteiger partial charge in [0.25, 0.3) is 10.0 Å². The third-order valence-electron chi connectivity index (χ3n) is 2.93. The molecule has 0 amide bonds. The number of benzene rings is 1. The lowest BCUT2D eigenvalue weighted by Gasteiger charge is -2.09. The number of aryl methyl sites for hydroxylation is 2. The number of carbonyl (C=O) groups is 1. The molecule has 2 rings (SSSR count). The molecule has 1 heterocycles. The monoisotopic (exact) mass is 309 g/mol. The number of nitrogens with zero attached hydrogens (tertiary/aromatic N) is 2. The molecule has 0 radical (unpaired) electrons. The average molecular weight is 309 g/mol. The second-order valence-electron chi connectivity index (χ2n) is 4.48. The fraction of sp³-hybridized carbons (Fsp3) is 0.231. The topological polar surface area (TPSA) is 101 Å². The fourth-order valence-electron chi connectivity index (χ4n) is 1.82. The summed E-state index contributed by atoms with van der Waals surface area (Å²) in [6.45, 7) is 4.11. The molecule has 1 aromatic carbocycles. The number of hydrogen-bond donors (Lipinski definition) is 2. The van der Waals surface area contributed by atoms with Crippen LogP contribution in [0.15, 0.2) is 35.5 Å². The Hall–Kier alpha value is -2.35. The van der Waals surface area contributed by atoms with Crippen molar-refractivity contribution in [2.75, 3.05) is 4.72 Å². The number of anilines is 1. The SMILES string of the molecule is CCn1cc(NS(=O)(=O)c2cc(C(=O)O)ccc2C)cn1. The Bertz CT molecular complexity index is 780. The lowest BCUT2D eigenvalue weighted by Crippen LogP contribution is -2.15. The summed E-state index contributed by atoms with van der Waals surface area (Å²) in [7, 11) is -3.86. The number of rotatable bonds is 5. The highest BCUT2D eigenvalue weighted by Gasteiger charge is 2.19. The summed E-state index contributed by atoms with van der Waals surface area (Å²) in [5.74, 6) is -1.18. The van der Waals surface area contributed by atoms with Crippen molar-refractivity contribution >= 4 is 21.7 Å². The minimum Gasteiger partial charge on any atom is -0.478 e. The lowest BCUT2D eigenvalue weighted by molar-refractivity contribution is 0.0696. The van der Waals surface area contributed by atoms with Crippen LogP contribution in [0.1, 0.15) is 22.8 Å². The quantitative estimate of drug-likeness (QED) is 0.875. The summed E-state index contributed by atoms with van der Waals surface area (Å²) < 4.78 is 28.7. The predicted octanol–water partition coefficient (Wildman–Crippen LogP) is 1.71. The molecule has 0 saturated carbocycles. The predicted molar refractivity (Wildman–Crippen MR) is 76.8 cm³/mol. The lowest BCUT2D eigenvalue weighted by atomic mass is 10.1. The van der Waals surface area contributed by atoms with Crippen LogP contribution in [-0.4, -0.2) is 29.3 Å². The normalized spacial score (nSPS) is 11.3. The molecule has 0 aliphatic rings. The van der Waals surface area contributed by atoms with E-state index in [0.29, 0.717) is 17.8 Å². The molecule has 0 fully saturated rings. The zero-order valence-electron chi connectivity index (χ0n) is 11.6. The van der Waals surface area contributed by atoms with Gasteiger partial charge < -0.3 is 5.11 Å². The van der Waals surface area contributed by atoms with Crippen LogP contribution in [-0.2, 0) is 16.6 Å². The summed E-state index contributed by atoms with van der Waals surface area (Å²) >= 11 is 0. The van der Waals surface area contributed by atoms with Gasteiger partial charge in [-0.05, 0) is 31.5 Å². The van der Waals surface area contributed by atoms with E-state index in [1.165, 1.54) is 18.3 Å². The van der Waals surface area contributed by atoms with E-state index >= 15 is 0 Å². The number of carboxylic acids is 1. The first-order valence-corrected chi connectivity index (χ1v) is 7.71. The highest BCUT2D eigenvalue weighted by molar-refractivity contribution is 7.92. The largest absolute Gasteiger partial charge is 0.478 e. The van der Waals surface area contributed by atoms with Gasteiger partial charge in [0.1, 0.15) is 0 Å². The van der Waals surface area contributed by atoms with Gasteiger partial charge >= 0.3 is 5.97 Å². The first-order chi connectivity index (χ1) is 9.83. The van der Waals surface area contributed by atoms with E-state index in [4.69, 9.17) is 5.11 Å². The Morgan fingerprint density at radius 3 is 2.71 bits per heavy atom. The average Bonchev–Trinajstić information content (AvgIpc) is 2.85. The number of aromatic carboxylic acids is 1. The molecule has 21 heavy (non-hydrogen) atoms. The van der Waals surface area contributed by atoms with Gasteiger partial charge in [-0.1, -0.05) is 6.07 Å². The summed E-state index contributed by atoms with van der Waals surface area (Å²) in [5.41, 5.74) is 0.720. The second kappa shape index (κ2) is 5.57. The zero-order valence-corrected chi connectivity index (χ0v) is 12.4. The molecule has 0 aliphatic heterocycles. The molecule has 0 bridgehead atoms. The summed E-state index contributed by atoms with van der Waals surface area (Å²) in [6.07, 6.45) is 2.96. The third-order valence-corrected chi connectivity index (χ3v) is 4.46. The molecular formula is C13H15N3O4S. The van der Waals surface area contributed by atoms with Crippen molar-refractivity contribution in [3.05, 3.63) is 41.7 Å². The van der Waals surface area contributed by atoms with Gasteiger partial charge in [0, 0.05) is 12.7 Å². The molecule has 2 N–H and O–H groups in total. The van der Waals surface area contributed by atoms with E-state index in [2.05, 4.69) is 9.82 Å². The highest BCUT2D eigenvalue weighted by Crippen LogP contribution is 2.20.